The van der Waals surface area contributed by atoms with E-state index in [-0.39, 0.29) is 0 Å². The van der Waals surface area contributed by atoms with Crippen molar-refractivity contribution in [2.75, 3.05) is 6.61 Å². The fourth-order valence-electron chi connectivity index (χ4n) is 3.48. The summed E-state index contributed by atoms with van der Waals surface area (Å²) in [4.78, 5) is 6.00. The average Bonchev–Trinajstić information content (AvgIpc) is 3.12. The minimum atomic E-state index is 0.555. The SMILES string of the molecule is CC.Cc1sc(-c2ccc(Cl)c(Cl)c2)nc1CCOc1ccc2c(c1)CCCC2. The molecule has 0 aliphatic heterocycles. The number of benzene rings is 2. The quantitative estimate of drug-likeness (QED) is 0.395. The molecule has 2 nitrogen and oxygen atoms in total. The van der Waals surface area contributed by atoms with Gasteiger partial charge >= 0.3 is 0 Å². The molecule has 29 heavy (non-hydrogen) atoms. The summed E-state index contributed by atoms with van der Waals surface area (Å²) in [5, 5.41) is 2.08. The lowest BCUT2D eigenvalue weighted by Gasteiger charge is -2.16. The number of nitrogens with zero attached hydrogens (tertiary/aromatic N) is 1. The first kappa shape index (κ1) is 22.1. The van der Waals surface area contributed by atoms with Gasteiger partial charge < -0.3 is 4.74 Å². The summed E-state index contributed by atoms with van der Waals surface area (Å²) in [6.07, 6.45) is 5.75. The number of aromatic nitrogens is 1. The zero-order chi connectivity index (χ0) is 20.8. The molecule has 1 aliphatic carbocycles. The van der Waals surface area contributed by atoms with Gasteiger partial charge in [0.1, 0.15) is 10.8 Å². The van der Waals surface area contributed by atoms with Crippen molar-refractivity contribution in [1.82, 2.24) is 4.98 Å². The standard InChI is InChI=1S/C22H21Cl2NOS.C2H6/c1-14-21(25-22(27-14)17-7-9-19(23)20(24)13-17)10-11-26-18-8-6-15-4-2-3-5-16(15)12-18;1-2/h6-9,12-13H,2-5,10-11H2,1H3;1-2H3. The van der Waals surface area contributed by atoms with E-state index in [9.17, 15) is 0 Å². The van der Waals surface area contributed by atoms with Crippen LogP contribution in [0.3, 0.4) is 0 Å². The van der Waals surface area contributed by atoms with Crippen molar-refractivity contribution >= 4 is 34.5 Å². The minimum absolute atomic E-state index is 0.555. The molecule has 0 radical (unpaired) electrons. The Morgan fingerprint density at radius 3 is 2.48 bits per heavy atom. The Bertz CT molecular complexity index is 968. The van der Waals surface area contributed by atoms with Crippen LogP contribution in [0.2, 0.25) is 10.0 Å². The number of thiazole rings is 1. The van der Waals surface area contributed by atoms with Gasteiger partial charge in [-0.25, -0.2) is 4.98 Å². The molecule has 5 heteroatoms. The predicted octanol–water partition coefficient (Wildman–Crippen LogP) is 7.95. The molecule has 0 saturated heterocycles. The lowest BCUT2D eigenvalue weighted by molar-refractivity contribution is 0.320. The predicted molar refractivity (Wildman–Crippen MR) is 126 cm³/mol. The van der Waals surface area contributed by atoms with Crippen molar-refractivity contribution < 1.29 is 4.74 Å². The Morgan fingerprint density at radius 1 is 0.966 bits per heavy atom. The molecule has 1 heterocycles. The van der Waals surface area contributed by atoms with Crippen LogP contribution in [0.1, 0.15) is 48.4 Å². The smallest absolute Gasteiger partial charge is 0.123 e. The highest BCUT2D eigenvalue weighted by Crippen LogP contribution is 2.32. The van der Waals surface area contributed by atoms with Crippen LogP contribution in [0.15, 0.2) is 36.4 Å². The van der Waals surface area contributed by atoms with Gasteiger partial charge in [0, 0.05) is 16.9 Å². The van der Waals surface area contributed by atoms with Crippen LogP contribution >= 0.6 is 34.5 Å². The van der Waals surface area contributed by atoms with Gasteiger partial charge in [0.15, 0.2) is 0 Å². The second-order valence-corrected chi connectivity index (χ2v) is 8.90. The minimum Gasteiger partial charge on any atom is -0.493 e. The molecule has 0 N–H and O–H groups in total. The number of rotatable bonds is 5. The van der Waals surface area contributed by atoms with Crippen LogP contribution < -0.4 is 4.74 Å². The molecule has 0 unspecified atom stereocenters. The van der Waals surface area contributed by atoms with Gasteiger partial charge in [0.2, 0.25) is 0 Å². The Labute approximate surface area is 187 Å². The highest BCUT2D eigenvalue weighted by Gasteiger charge is 2.12. The van der Waals surface area contributed by atoms with E-state index < -0.39 is 0 Å². The molecule has 0 atom stereocenters. The van der Waals surface area contributed by atoms with Crippen molar-refractivity contribution in [1.29, 1.82) is 0 Å². The van der Waals surface area contributed by atoms with E-state index >= 15 is 0 Å². The van der Waals surface area contributed by atoms with Gasteiger partial charge in [-0.15, -0.1) is 11.3 Å². The van der Waals surface area contributed by atoms with E-state index in [1.807, 2.05) is 32.0 Å². The molecule has 0 saturated carbocycles. The van der Waals surface area contributed by atoms with Crippen LogP contribution in [0.5, 0.6) is 5.75 Å². The highest BCUT2D eigenvalue weighted by molar-refractivity contribution is 7.15. The van der Waals surface area contributed by atoms with Crippen LogP contribution in [0, 0.1) is 6.92 Å². The third-order valence-electron chi connectivity index (χ3n) is 4.99. The summed E-state index contributed by atoms with van der Waals surface area (Å²) in [7, 11) is 0. The lowest BCUT2D eigenvalue weighted by atomic mass is 9.92. The Hall–Kier alpha value is -1.55. The normalized spacial score (nSPS) is 12.7. The summed E-state index contributed by atoms with van der Waals surface area (Å²) in [5.41, 5.74) is 5.01. The number of hydrogen-bond donors (Lipinski definition) is 0. The maximum Gasteiger partial charge on any atom is 0.123 e. The fourth-order valence-corrected chi connectivity index (χ4v) is 4.73. The molecular weight excluding hydrogens is 421 g/mol. The number of halogens is 2. The number of ether oxygens (including phenoxy) is 1. The molecule has 0 spiro atoms. The molecule has 1 aromatic heterocycles. The van der Waals surface area contributed by atoms with Crippen molar-refractivity contribution in [3.05, 3.63) is 68.1 Å². The van der Waals surface area contributed by atoms with Gasteiger partial charge in [-0.1, -0.05) is 49.2 Å². The highest BCUT2D eigenvalue weighted by atomic mass is 35.5. The van der Waals surface area contributed by atoms with Gasteiger partial charge in [-0.2, -0.15) is 0 Å². The van der Waals surface area contributed by atoms with Crippen molar-refractivity contribution in [2.24, 2.45) is 0 Å². The van der Waals surface area contributed by atoms with Crippen molar-refractivity contribution in [3.63, 3.8) is 0 Å². The lowest BCUT2D eigenvalue weighted by Crippen LogP contribution is -2.05. The van der Waals surface area contributed by atoms with Gasteiger partial charge in [-0.05, 0) is 68.0 Å². The third kappa shape index (κ3) is 5.53. The molecule has 1 aliphatic rings. The maximum atomic E-state index is 6.14. The molecule has 0 bridgehead atoms. The Balaban J connectivity index is 0.00000117. The first-order valence-electron chi connectivity index (χ1n) is 10.3. The summed E-state index contributed by atoms with van der Waals surface area (Å²) in [6.45, 7) is 6.73. The maximum absolute atomic E-state index is 6.14. The average molecular weight is 448 g/mol. The van der Waals surface area contributed by atoms with E-state index in [2.05, 4.69) is 25.1 Å². The second-order valence-electron chi connectivity index (χ2n) is 6.89. The molecular formula is C24H27Cl2NOS. The monoisotopic (exact) mass is 447 g/mol. The summed E-state index contributed by atoms with van der Waals surface area (Å²) < 4.78 is 6.01. The molecule has 4 rings (SSSR count). The topological polar surface area (TPSA) is 22.1 Å². The van der Waals surface area contributed by atoms with Crippen LogP contribution in [0.25, 0.3) is 10.6 Å². The van der Waals surface area contributed by atoms with E-state index in [1.54, 1.807) is 11.3 Å². The van der Waals surface area contributed by atoms with Crippen molar-refractivity contribution in [2.45, 2.75) is 52.9 Å². The summed E-state index contributed by atoms with van der Waals surface area (Å²) in [5.74, 6) is 0.966. The van der Waals surface area contributed by atoms with Crippen LogP contribution in [0.4, 0.5) is 0 Å². The summed E-state index contributed by atoms with van der Waals surface area (Å²) >= 11 is 13.8. The number of aryl methyl sites for hydroxylation is 3. The molecule has 154 valence electrons. The van der Waals surface area contributed by atoms with E-state index in [0.29, 0.717) is 16.7 Å². The van der Waals surface area contributed by atoms with E-state index in [0.717, 1.165) is 28.4 Å². The van der Waals surface area contributed by atoms with Crippen LogP contribution in [-0.2, 0) is 19.3 Å². The summed E-state index contributed by atoms with van der Waals surface area (Å²) in [6, 6.07) is 12.2. The first-order valence-corrected chi connectivity index (χ1v) is 11.8. The number of fused-ring (bicyclic) bond motifs is 1. The Kier molecular flexibility index (Phi) is 7.99. The molecule has 3 aromatic rings. The largest absolute Gasteiger partial charge is 0.493 e. The Morgan fingerprint density at radius 2 is 1.72 bits per heavy atom. The molecule has 2 aromatic carbocycles. The second kappa shape index (κ2) is 10.5. The van der Waals surface area contributed by atoms with Gasteiger partial charge in [0.25, 0.3) is 0 Å². The molecule has 0 amide bonds. The molecule has 0 fully saturated rings. The van der Waals surface area contributed by atoms with E-state index in [1.165, 1.54) is 41.7 Å². The zero-order valence-electron chi connectivity index (χ0n) is 17.2. The number of hydrogen-bond acceptors (Lipinski definition) is 3. The van der Waals surface area contributed by atoms with E-state index in [4.69, 9.17) is 32.9 Å². The van der Waals surface area contributed by atoms with Gasteiger partial charge in [-0.3, -0.25) is 0 Å². The van der Waals surface area contributed by atoms with Crippen LogP contribution in [-0.4, -0.2) is 11.6 Å². The zero-order valence-corrected chi connectivity index (χ0v) is 19.6. The van der Waals surface area contributed by atoms with Gasteiger partial charge in [0.05, 0.1) is 22.3 Å². The third-order valence-corrected chi connectivity index (χ3v) is 6.79. The first-order chi connectivity index (χ1) is 14.1. The fraction of sp³-hybridized carbons (Fsp3) is 0.375. The van der Waals surface area contributed by atoms with Crippen molar-refractivity contribution in [3.8, 4) is 16.3 Å².